The fourth-order valence-electron chi connectivity index (χ4n) is 1.39. The maximum atomic E-state index is 5.02. The summed E-state index contributed by atoms with van der Waals surface area (Å²) in [5.74, 6) is 0.923. The van der Waals surface area contributed by atoms with Gasteiger partial charge in [-0.25, -0.2) is 4.98 Å². The highest BCUT2D eigenvalue weighted by Crippen LogP contribution is 2.15. The molecule has 0 aliphatic carbocycles. The molecule has 2 rings (SSSR count). The Morgan fingerprint density at radius 3 is 2.68 bits per heavy atom. The van der Waals surface area contributed by atoms with Gasteiger partial charge in [-0.15, -0.1) is 11.3 Å². The molecule has 0 saturated heterocycles. The number of nitrogens with zero attached hydrogens (tertiary/aromatic N) is 4. The molecule has 2 N–H and O–H groups in total. The van der Waals surface area contributed by atoms with E-state index < -0.39 is 0 Å². The lowest BCUT2D eigenvalue weighted by atomic mass is 10.4. The first-order valence-corrected chi connectivity index (χ1v) is 6.72. The van der Waals surface area contributed by atoms with Crippen LogP contribution in [0.1, 0.15) is 16.8 Å². The molecule has 0 aliphatic rings. The highest BCUT2D eigenvalue weighted by molar-refractivity contribution is 7.11. The van der Waals surface area contributed by atoms with Gasteiger partial charge in [0.05, 0.1) is 13.7 Å². The van der Waals surface area contributed by atoms with Crippen LogP contribution in [0.3, 0.4) is 0 Å². The van der Waals surface area contributed by atoms with Gasteiger partial charge in [-0.3, -0.25) is 0 Å². The minimum Gasteiger partial charge on any atom is -0.467 e. The largest absolute Gasteiger partial charge is 0.467 e. The van der Waals surface area contributed by atoms with E-state index in [9.17, 15) is 0 Å². The van der Waals surface area contributed by atoms with E-state index in [-0.39, 0.29) is 6.01 Å². The first-order valence-electron chi connectivity index (χ1n) is 5.90. The molecule has 0 aliphatic heterocycles. The van der Waals surface area contributed by atoms with Crippen molar-refractivity contribution < 1.29 is 4.74 Å². The van der Waals surface area contributed by atoms with Crippen LogP contribution < -0.4 is 15.4 Å². The van der Waals surface area contributed by atoms with Crippen molar-refractivity contribution in [3.05, 3.63) is 16.1 Å². The Morgan fingerprint density at radius 1 is 1.26 bits per heavy atom. The molecule has 0 spiro atoms. The van der Waals surface area contributed by atoms with Crippen LogP contribution in [0.15, 0.2) is 6.20 Å². The van der Waals surface area contributed by atoms with Crippen LogP contribution in [0, 0.1) is 0 Å². The second-order valence-corrected chi connectivity index (χ2v) is 4.85. The smallest absolute Gasteiger partial charge is 0.322 e. The fourth-order valence-corrected chi connectivity index (χ4v) is 2.19. The van der Waals surface area contributed by atoms with E-state index in [4.69, 9.17) is 4.74 Å². The zero-order chi connectivity index (χ0) is 13.7. The van der Waals surface area contributed by atoms with Crippen molar-refractivity contribution in [2.45, 2.75) is 19.9 Å². The number of anilines is 2. The Bertz CT molecular complexity index is 521. The van der Waals surface area contributed by atoms with Crippen molar-refractivity contribution in [2.75, 3.05) is 24.8 Å². The lowest BCUT2D eigenvalue weighted by Crippen LogP contribution is -2.08. The number of nitrogens with one attached hydrogen (secondary N) is 2. The van der Waals surface area contributed by atoms with E-state index in [0.29, 0.717) is 18.4 Å². The SMILES string of the molecule is CCc1cnc(CNc2nc(NC)nc(OC)n2)s1. The molecule has 2 aromatic heterocycles. The number of aromatic nitrogens is 4. The molecule has 0 aromatic carbocycles. The molecule has 7 nitrogen and oxygen atoms in total. The third kappa shape index (κ3) is 3.50. The lowest BCUT2D eigenvalue weighted by Gasteiger charge is -2.06. The van der Waals surface area contributed by atoms with Gasteiger partial charge in [0.1, 0.15) is 5.01 Å². The Balaban J connectivity index is 2.05. The Kier molecular flexibility index (Phi) is 4.45. The highest BCUT2D eigenvalue weighted by Gasteiger charge is 2.06. The quantitative estimate of drug-likeness (QED) is 0.830. The van der Waals surface area contributed by atoms with Gasteiger partial charge in [0.2, 0.25) is 11.9 Å². The second-order valence-electron chi connectivity index (χ2n) is 3.65. The van der Waals surface area contributed by atoms with Crippen LogP contribution in [0.4, 0.5) is 11.9 Å². The summed E-state index contributed by atoms with van der Waals surface area (Å²) in [5.41, 5.74) is 0. The molecule has 102 valence electrons. The zero-order valence-corrected chi connectivity index (χ0v) is 11.9. The van der Waals surface area contributed by atoms with Crippen molar-refractivity contribution in [1.82, 2.24) is 19.9 Å². The van der Waals surface area contributed by atoms with Crippen molar-refractivity contribution in [2.24, 2.45) is 0 Å². The maximum Gasteiger partial charge on any atom is 0.322 e. The summed E-state index contributed by atoms with van der Waals surface area (Å²) in [6, 6.07) is 0.273. The number of thiazole rings is 1. The second kappa shape index (κ2) is 6.28. The van der Waals surface area contributed by atoms with Crippen LogP contribution in [-0.4, -0.2) is 34.1 Å². The Morgan fingerprint density at radius 2 is 2.05 bits per heavy atom. The maximum absolute atomic E-state index is 5.02. The minimum atomic E-state index is 0.273. The summed E-state index contributed by atoms with van der Waals surface area (Å²) in [5, 5.41) is 6.97. The molecule has 2 heterocycles. The molecule has 0 radical (unpaired) electrons. The molecule has 0 saturated carbocycles. The summed E-state index contributed by atoms with van der Waals surface area (Å²) < 4.78 is 5.02. The average Bonchev–Trinajstić information content (AvgIpc) is 2.92. The summed E-state index contributed by atoms with van der Waals surface area (Å²) in [6.45, 7) is 2.70. The monoisotopic (exact) mass is 280 g/mol. The van der Waals surface area contributed by atoms with Crippen LogP contribution in [0.2, 0.25) is 0 Å². The zero-order valence-electron chi connectivity index (χ0n) is 11.1. The lowest BCUT2D eigenvalue weighted by molar-refractivity contribution is 0.379. The van der Waals surface area contributed by atoms with E-state index >= 15 is 0 Å². The predicted octanol–water partition coefficient (Wildman–Crippen LogP) is 1.55. The Labute approximate surface area is 115 Å². The molecule has 19 heavy (non-hydrogen) atoms. The molecule has 2 aromatic rings. The van der Waals surface area contributed by atoms with Gasteiger partial charge in [-0.05, 0) is 6.42 Å². The van der Waals surface area contributed by atoms with Crippen LogP contribution in [0.5, 0.6) is 6.01 Å². The van der Waals surface area contributed by atoms with Gasteiger partial charge in [0.15, 0.2) is 0 Å². The molecule has 0 bridgehead atoms. The third-order valence-corrected chi connectivity index (χ3v) is 3.51. The normalized spacial score (nSPS) is 10.3. The fraction of sp³-hybridized carbons (Fsp3) is 0.455. The molecule has 0 fully saturated rings. The first kappa shape index (κ1) is 13.5. The van der Waals surface area contributed by atoms with Crippen LogP contribution >= 0.6 is 11.3 Å². The van der Waals surface area contributed by atoms with E-state index in [0.717, 1.165) is 11.4 Å². The van der Waals surface area contributed by atoms with Crippen LogP contribution in [-0.2, 0) is 13.0 Å². The van der Waals surface area contributed by atoms with Crippen molar-refractivity contribution in [3.63, 3.8) is 0 Å². The first-order chi connectivity index (χ1) is 9.25. The molecule has 0 amide bonds. The highest BCUT2D eigenvalue weighted by atomic mass is 32.1. The Hall–Kier alpha value is -1.96. The standard InChI is InChI=1S/C11H16N6OS/c1-4-7-5-13-8(19-7)6-14-10-15-9(12-2)16-11(17-10)18-3/h5H,4,6H2,1-3H3,(H2,12,14,15,16,17). The van der Waals surface area contributed by atoms with Crippen molar-refractivity contribution in [3.8, 4) is 6.01 Å². The van der Waals surface area contributed by atoms with Gasteiger partial charge in [-0.1, -0.05) is 6.92 Å². The number of hydrogen-bond donors (Lipinski definition) is 2. The third-order valence-electron chi connectivity index (χ3n) is 2.37. The number of methoxy groups -OCH3 is 1. The molecular weight excluding hydrogens is 264 g/mol. The van der Waals surface area contributed by atoms with E-state index in [1.165, 1.54) is 12.0 Å². The van der Waals surface area contributed by atoms with Gasteiger partial charge in [-0.2, -0.15) is 15.0 Å². The predicted molar refractivity (Wildman–Crippen MR) is 74.7 cm³/mol. The van der Waals surface area contributed by atoms with Crippen LogP contribution in [0.25, 0.3) is 0 Å². The van der Waals surface area contributed by atoms with Crippen molar-refractivity contribution >= 4 is 23.2 Å². The van der Waals surface area contributed by atoms with Crippen molar-refractivity contribution in [1.29, 1.82) is 0 Å². The topological polar surface area (TPSA) is 84.9 Å². The number of aryl methyl sites for hydroxylation is 1. The van der Waals surface area contributed by atoms with Gasteiger partial charge >= 0.3 is 6.01 Å². The summed E-state index contributed by atoms with van der Waals surface area (Å²) in [6.07, 6.45) is 2.90. The number of ether oxygens (including phenoxy) is 1. The van der Waals surface area contributed by atoms with E-state index in [1.54, 1.807) is 18.4 Å². The van der Waals surface area contributed by atoms with Gasteiger partial charge in [0.25, 0.3) is 0 Å². The molecule has 0 unspecified atom stereocenters. The number of hydrogen-bond acceptors (Lipinski definition) is 8. The molecule has 0 atom stereocenters. The minimum absolute atomic E-state index is 0.273. The summed E-state index contributed by atoms with van der Waals surface area (Å²) >= 11 is 1.68. The van der Waals surface area contributed by atoms with Gasteiger partial charge in [0, 0.05) is 18.1 Å². The summed E-state index contributed by atoms with van der Waals surface area (Å²) in [7, 11) is 3.26. The van der Waals surface area contributed by atoms with Gasteiger partial charge < -0.3 is 15.4 Å². The van der Waals surface area contributed by atoms with E-state index in [2.05, 4.69) is 37.5 Å². The summed E-state index contributed by atoms with van der Waals surface area (Å²) in [4.78, 5) is 17.9. The molecular formula is C11H16N6OS. The molecule has 8 heteroatoms. The average molecular weight is 280 g/mol. The number of rotatable bonds is 6. The van der Waals surface area contributed by atoms with E-state index in [1.807, 2.05) is 6.20 Å².